The number of hydrogen-bond donors (Lipinski definition) is 1. The lowest BCUT2D eigenvalue weighted by atomic mass is 10.2. The number of anilines is 1. The zero-order chi connectivity index (χ0) is 13.4. The number of aromatic nitrogens is 4. The third-order valence-corrected chi connectivity index (χ3v) is 3.90. The van der Waals surface area contributed by atoms with E-state index in [0.717, 1.165) is 23.2 Å². The van der Waals surface area contributed by atoms with Crippen LogP contribution < -0.4 is 5.32 Å². The van der Waals surface area contributed by atoms with Gasteiger partial charge >= 0.3 is 0 Å². The third-order valence-electron chi connectivity index (χ3n) is 2.79. The van der Waals surface area contributed by atoms with Gasteiger partial charge in [-0.25, -0.2) is 4.98 Å². The fourth-order valence-electron chi connectivity index (χ4n) is 1.78. The second kappa shape index (κ2) is 4.96. The largest absolute Gasteiger partial charge is 0.375 e. The van der Waals surface area contributed by atoms with Crippen LogP contribution in [0.2, 0.25) is 10.0 Å². The first-order valence-corrected chi connectivity index (χ1v) is 6.96. The molecular formula is C11H9Cl2N5S. The van der Waals surface area contributed by atoms with E-state index >= 15 is 0 Å². The summed E-state index contributed by atoms with van der Waals surface area (Å²) in [6, 6.07) is 1.67. The fourth-order valence-corrected chi connectivity index (χ4v) is 2.96. The Morgan fingerprint density at radius 1 is 1.26 bits per heavy atom. The van der Waals surface area contributed by atoms with Gasteiger partial charge in [0.25, 0.3) is 0 Å². The van der Waals surface area contributed by atoms with Gasteiger partial charge in [0.2, 0.25) is 0 Å². The zero-order valence-corrected chi connectivity index (χ0v) is 12.2. The van der Waals surface area contributed by atoms with Crippen molar-refractivity contribution in [3.05, 3.63) is 34.3 Å². The van der Waals surface area contributed by atoms with E-state index in [-0.39, 0.29) is 0 Å². The van der Waals surface area contributed by atoms with Crippen molar-refractivity contribution in [2.75, 3.05) is 5.32 Å². The molecule has 0 spiro atoms. The molecule has 8 heteroatoms. The maximum atomic E-state index is 6.21. The quantitative estimate of drug-likeness (QED) is 0.805. The predicted molar refractivity (Wildman–Crippen MR) is 78.0 cm³/mol. The SMILES string of the molecule is Cn1ccnc1CNc1c(Cl)cc(Cl)c2nsnc12. The molecule has 19 heavy (non-hydrogen) atoms. The molecular weight excluding hydrogens is 305 g/mol. The van der Waals surface area contributed by atoms with Crippen molar-refractivity contribution in [1.29, 1.82) is 0 Å². The molecule has 0 radical (unpaired) electrons. The molecule has 0 atom stereocenters. The molecule has 0 saturated carbocycles. The van der Waals surface area contributed by atoms with Crippen LogP contribution in [0.3, 0.4) is 0 Å². The van der Waals surface area contributed by atoms with Gasteiger partial charge in [-0.2, -0.15) is 8.75 Å². The summed E-state index contributed by atoms with van der Waals surface area (Å²) in [5.41, 5.74) is 2.09. The highest BCUT2D eigenvalue weighted by atomic mass is 35.5. The number of aryl methyl sites for hydroxylation is 1. The maximum absolute atomic E-state index is 6.21. The molecule has 3 aromatic rings. The molecule has 98 valence electrons. The van der Waals surface area contributed by atoms with Crippen LogP contribution in [0.5, 0.6) is 0 Å². The minimum atomic E-state index is 0.510. The molecule has 1 aromatic carbocycles. The molecule has 0 aliphatic heterocycles. The summed E-state index contributed by atoms with van der Waals surface area (Å²) < 4.78 is 10.3. The Morgan fingerprint density at radius 3 is 2.79 bits per heavy atom. The van der Waals surface area contributed by atoms with Crippen molar-refractivity contribution in [2.24, 2.45) is 7.05 Å². The van der Waals surface area contributed by atoms with Gasteiger partial charge in [0.05, 0.1) is 34.0 Å². The van der Waals surface area contributed by atoms with Gasteiger partial charge in [-0.3, -0.25) is 0 Å². The second-order valence-corrected chi connectivity index (χ2v) is 5.33. The summed E-state index contributed by atoms with van der Waals surface area (Å²) >= 11 is 13.4. The second-order valence-electron chi connectivity index (χ2n) is 3.98. The number of halogens is 2. The number of nitrogens with zero attached hydrogens (tertiary/aromatic N) is 4. The highest BCUT2D eigenvalue weighted by molar-refractivity contribution is 7.00. The summed E-state index contributed by atoms with van der Waals surface area (Å²) in [4.78, 5) is 4.24. The fraction of sp³-hybridized carbons (Fsp3) is 0.182. The molecule has 2 heterocycles. The van der Waals surface area contributed by atoms with Gasteiger partial charge < -0.3 is 9.88 Å². The molecule has 0 aliphatic carbocycles. The molecule has 0 bridgehead atoms. The molecule has 0 unspecified atom stereocenters. The third kappa shape index (κ3) is 2.27. The topological polar surface area (TPSA) is 55.6 Å². The van der Waals surface area contributed by atoms with Crippen molar-refractivity contribution in [3.8, 4) is 0 Å². The first-order chi connectivity index (χ1) is 9.16. The van der Waals surface area contributed by atoms with Crippen LogP contribution in [0, 0.1) is 0 Å². The van der Waals surface area contributed by atoms with Gasteiger partial charge in [0, 0.05) is 19.4 Å². The van der Waals surface area contributed by atoms with Gasteiger partial charge in [0.15, 0.2) is 0 Å². The van der Waals surface area contributed by atoms with E-state index in [2.05, 4.69) is 19.0 Å². The number of fused-ring (bicyclic) bond motifs is 1. The molecule has 0 fully saturated rings. The standard InChI is InChI=1S/C11H9Cl2N5S/c1-18-3-2-14-8(18)5-15-9-6(12)4-7(13)10-11(9)17-19-16-10/h2-4,15H,5H2,1H3. The van der Waals surface area contributed by atoms with Gasteiger partial charge in [0.1, 0.15) is 16.9 Å². The normalized spacial score (nSPS) is 11.1. The lowest BCUT2D eigenvalue weighted by Gasteiger charge is -2.09. The molecule has 1 N–H and O–H groups in total. The average molecular weight is 314 g/mol. The summed E-state index contributed by atoms with van der Waals surface area (Å²) in [6.07, 6.45) is 3.64. The highest BCUT2D eigenvalue weighted by Crippen LogP contribution is 2.35. The van der Waals surface area contributed by atoms with Gasteiger partial charge in [-0.05, 0) is 6.07 Å². The lowest BCUT2D eigenvalue weighted by Crippen LogP contribution is -2.06. The Balaban J connectivity index is 1.97. The minimum absolute atomic E-state index is 0.510. The Morgan fingerprint density at radius 2 is 2.05 bits per heavy atom. The van der Waals surface area contributed by atoms with E-state index in [1.165, 1.54) is 0 Å². The van der Waals surface area contributed by atoms with Crippen LogP contribution in [0.4, 0.5) is 5.69 Å². The first kappa shape index (κ1) is 12.7. The number of benzene rings is 1. The number of nitrogens with one attached hydrogen (secondary N) is 1. The Kier molecular flexibility index (Phi) is 3.30. The maximum Gasteiger partial charge on any atom is 0.130 e. The predicted octanol–water partition coefficient (Wildman–Crippen LogP) is 3.34. The molecule has 2 aromatic heterocycles. The van der Waals surface area contributed by atoms with E-state index in [4.69, 9.17) is 23.2 Å². The van der Waals surface area contributed by atoms with Crippen molar-refractivity contribution >= 4 is 51.7 Å². The van der Waals surface area contributed by atoms with Crippen LogP contribution in [-0.4, -0.2) is 18.3 Å². The van der Waals surface area contributed by atoms with Crippen molar-refractivity contribution in [1.82, 2.24) is 18.3 Å². The van der Waals surface area contributed by atoms with Gasteiger partial charge in [-0.15, -0.1) is 0 Å². The van der Waals surface area contributed by atoms with E-state index in [0.29, 0.717) is 27.6 Å². The Hall–Kier alpha value is -1.37. The zero-order valence-electron chi connectivity index (χ0n) is 9.89. The average Bonchev–Trinajstić information content (AvgIpc) is 2.98. The number of imidazole rings is 1. The van der Waals surface area contributed by atoms with Crippen LogP contribution in [0.1, 0.15) is 5.82 Å². The highest BCUT2D eigenvalue weighted by Gasteiger charge is 2.14. The van der Waals surface area contributed by atoms with E-state index in [1.54, 1.807) is 12.3 Å². The van der Waals surface area contributed by atoms with Crippen molar-refractivity contribution < 1.29 is 0 Å². The van der Waals surface area contributed by atoms with E-state index in [9.17, 15) is 0 Å². The van der Waals surface area contributed by atoms with Crippen molar-refractivity contribution in [3.63, 3.8) is 0 Å². The molecule has 3 rings (SSSR count). The smallest absolute Gasteiger partial charge is 0.130 e. The van der Waals surface area contributed by atoms with Crippen LogP contribution in [0.15, 0.2) is 18.5 Å². The molecule has 0 saturated heterocycles. The Labute approximate surface area is 123 Å². The summed E-state index contributed by atoms with van der Waals surface area (Å²) in [5, 5.41) is 4.28. The first-order valence-electron chi connectivity index (χ1n) is 5.47. The summed E-state index contributed by atoms with van der Waals surface area (Å²) in [5.74, 6) is 0.905. The summed E-state index contributed by atoms with van der Waals surface area (Å²) in [6.45, 7) is 0.553. The van der Waals surface area contributed by atoms with Gasteiger partial charge in [-0.1, -0.05) is 23.2 Å². The molecule has 5 nitrogen and oxygen atoms in total. The molecule has 0 aliphatic rings. The van der Waals surface area contributed by atoms with Crippen LogP contribution >= 0.6 is 34.9 Å². The van der Waals surface area contributed by atoms with Crippen molar-refractivity contribution in [2.45, 2.75) is 6.54 Å². The van der Waals surface area contributed by atoms with E-state index in [1.807, 2.05) is 17.8 Å². The van der Waals surface area contributed by atoms with Crippen LogP contribution in [0.25, 0.3) is 11.0 Å². The van der Waals surface area contributed by atoms with E-state index < -0.39 is 0 Å². The number of rotatable bonds is 3. The summed E-state index contributed by atoms with van der Waals surface area (Å²) in [7, 11) is 1.94. The monoisotopic (exact) mass is 313 g/mol. The molecule has 0 amide bonds. The van der Waals surface area contributed by atoms with Crippen LogP contribution in [-0.2, 0) is 13.6 Å². The number of hydrogen-bond acceptors (Lipinski definition) is 5. The lowest BCUT2D eigenvalue weighted by molar-refractivity contribution is 0.813. The minimum Gasteiger partial charge on any atom is -0.375 e. The Bertz CT molecular complexity index is 736.